The first-order chi connectivity index (χ1) is 10.6. The van der Waals surface area contributed by atoms with Crippen LogP contribution in [0.5, 0.6) is 0 Å². The quantitative estimate of drug-likeness (QED) is 0.628. The number of hydrogen-bond acceptors (Lipinski definition) is 5. The molecule has 2 aromatic rings. The van der Waals surface area contributed by atoms with E-state index in [1.54, 1.807) is 29.7 Å². The van der Waals surface area contributed by atoms with Crippen molar-refractivity contribution in [1.29, 1.82) is 0 Å². The minimum absolute atomic E-state index is 0.839. The van der Waals surface area contributed by atoms with Gasteiger partial charge >= 0.3 is 0 Å². The van der Waals surface area contributed by atoms with Crippen molar-refractivity contribution in [3.8, 4) is 0 Å². The molecule has 2 rings (SSSR count). The number of nitrogens with zero attached hydrogens (tertiary/aromatic N) is 3. The van der Waals surface area contributed by atoms with Crippen molar-refractivity contribution in [2.24, 2.45) is 4.99 Å². The second kappa shape index (κ2) is 8.24. The van der Waals surface area contributed by atoms with Crippen molar-refractivity contribution < 1.29 is 0 Å². The van der Waals surface area contributed by atoms with Gasteiger partial charge in [-0.25, -0.2) is 9.97 Å². The van der Waals surface area contributed by atoms with Crippen LogP contribution >= 0.6 is 22.7 Å². The van der Waals surface area contributed by atoms with Gasteiger partial charge in [0.05, 0.1) is 15.7 Å². The van der Waals surface area contributed by atoms with Gasteiger partial charge in [0.1, 0.15) is 0 Å². The summed E-state index contributed by atoms with van der Waals surface area (Å²) in [5.41, 5.74) is 1.14. The average Bonchev–Trinajstić information content (AvgIpc) is 3.03. The highest BCUT2D eigenvalue weighted by molar-refractivity contribution is 7.11. The number of nitrogens with one attached hydrogen (secondary N) is 2. The van der Waals surface area contributed by atoms with Crippen molar-refractivity contribution >= 4 is 28.6 Å². The predicted octanol–water partition coefficient (Wildman–Crippen LogP) is 2.48. The molecule has 0 saturated carbocycles. The summed E-state index contributed by atoms with van der Waals surface area (Å²) in [4.78, 5) is 15.7. The van der Waals surface area contributed by atoms with Crippen LogP contribution in [0.1, 0.15) is 25.5 Å². The van der Waals surface area contributed by atoms with E-state index in [2.05, 4.69) is 46.4 Å². The van der Waals surface area contributed by atoms with E-state index in [4.69, 9.17) is 0 Å². The highest BCUT2D eigenvalue weighted by Gasteiger charge is 2.05. The van der Waals surface area contributed by atoms with Crippen LogP contribution in [0.4, 0.5) is 0 Å². The van der Waals surface area contributed by atoms with Crippen LogP contribution in [0.2, 0.25) is 0 Å². The summed E-state index contributed by atoms with van der Waals surface area (Å²) >= 11 is 3.52. The largest absolute Gasteiger partial charge is 0.356 e. The van der Waals surface area contributed by atoms with Gasteiger partial charge in [0.25, 0.3) is 0 Å². The van der Waals surface area contributed by atoms with Crippen LogP contribution in [0, 0.1) is 20.8 Å². The third-order valence-corrected chi connectivity index (χ3v) is 5.27. The van der Waals surface area contributed by atoms with E-state index in [1.165, 1.54) is 9.75 Å². The number of hydrogen-bond donors (Lipinski definition) is 2. The molecule has 2 heterocycles. The summed E-state index contributed by atoms with van der Waals surface area (Å²) in [6.07, 6.45) is 3.82. The Balaban J connectivity index is 1.70. The summed E-state index contributed by atoms with van der Waals surface area (Å²) in [6, 6.07) is 0. The van der Waals surface area contributed by atoms with Crippen LogP contribution in [-0.2, 0) is 12.8 Å². The number of aliphatic imine (C=N–C) groups is 1. The first-order valence-corrected chi connectivity index (χ1v) is 9.00. The lowest BCUT2D eigenvalue weighted by molar-refractivity contribution is 0.783. The van der Waals surface area contributed by atoms with Gasteiger partial charge < -0.3 is 10.6 Å². The van der Waals surface area contributed by atoms with Gasteiger partial charge in [0.15, 0.2) is 5.96 Å². The maximum absolute atomic E-state index is 4.45. The van der Waals surface area contributed by atoms with E-state index < -0.39 is 0 Å². The zero-order valence-electron chi connectivity index (χ0n) is 13.6. The molecule has 0 aliphatic carbocycles. The first kappa shape index (κ1) is 16.9. The van der Waals surface area contributed by atoms with Crippen molar-refractivity contribution in [2.45, 2.75) is 33.6 Å². The van der Waals surface area contributed by atoms with Gasteiger partial charge in [0, 0.05) is 48.9 Å². The summed E-state index contributed by atoms with van der Waals surface area (Å²) in [5.74, 6) is 0.840. The zero-order valence-corrected chi connectivity index (χ0v) is 15.2. The second-order valence-electron chi connectivity index (χ2n) is 5.03. The molecule has 0 aromatic carbocycles. The molecule has 0 radical (unpaired) electrons. The van der Waals surface area contributed by atoms with Crippen LogP contribution in [-0.4, -0.2) is 36.1 Å². The van der Waals surface area contributed by atoms with Gasteiger partial charge in [-0.2, -0.15) is 0 Å². The van der Waals surface area contributed by atoms with Crippen LogP contribution in [0.3, 0.4) is 0 Å². The Labute approximate surface area is 139 Å². The Hall–Kier alpha value is -1.47. The van der Waals surface area contributed by atoms with E-state index in [1.807, 2.05) is 6.20 Å². The van der Waals surface area contributed by atoms with Crippen LogP contribution in [0.25, 0.3) is 0 Å². The van der Waals surface area contributed by atoms with Crippen molar-refractivity contribution in [2.75, 3.05) is 20.1 Å². The lowest BCUT2D eigenvalue weighted by Crippen LogP contribution is -2.39. The molecule has 0 saturated heterocycles. The fourth-order valence-corrected chi connectivity index (χ4v) is 3.85. The Morgan fingerprint density at radius 2 is 1.86 bits per heavy atom. The summed E-state index contributed by atoms with van der Waals surface area (Å²) in [5, 5.41) is 8.97. The Bertz CT molecular complexity index is 630. The van der Waals surface area contributed by atoms with Crippen molar-refractivity contribution in [3.05, 3.63) is 31.7 Å². The normalized spacial score (nSPS) is 11.7. The predicted molar refractivity (Wildman–Crippen MR) is 95.2 cm³/mol. The number of aryl methyl sites for hydroxylation is 3. The maximum atomic E-state index is 4.45. The molecule has 2 N–H and O–H groups in total. The van der Waals surface area contributed by atoms with E-state index in [0.717, 1.165) is 47.6 Å². The number of aromatic nitrogens is 2. The first-order valence-electron chi connectivity index (χ1n) is 7.37. The van der Waals surface area contributed by atoms with E-state index in [9.17, 15) is 0 Å². The highest BCUT2D eigenvalue weighted by Crippen LogP contribution is 2.17. The molecule has 0 unspecified atom stereocenters. The SMILES string of the molecule is CN=C(NCCc1ncc(C)s1)NCCc1sc(C)nc1C. The smallest absolute Gasteiger partial charge is 0.191 e. The van der Waals surface area contributed by atoms with Crippen molar-refractivity contribution in [1.82, 2.24) is 20.6 Å². The van der Waals surface area contributed by atoms with Gasteiger partial charge in [-0.05, 0) is 20.8 Å². The third-order valence-electron chi connectivity index (χ3n) is 3.17. The standard InChI is InChI=1S/C15H23N5S2/c1-10-9-19-14(21-10)6-8-18-15(16-4)17-7-5-13-11(2)20-12(3)22-13/h9H,5-8H2,1-4H3,(H2,16,17,18). The van der Waals surface area contributed by atoms with E-state index in [0.29, 0.717) is 0 Å². The van der Waals surface area contributed by atoms with E-state index >= 15 is 0 Å². The molecule has 0 bridgehead atoms. The molecule has 120 valence electrons. The summed E-state index contributed by atoms with van der Waals surface area (Å²) in [7, 11) is 1.80. The van der Waals surface area contributed by atoms with Gasteiger partial charge in [-0.3, -0.25) is 4.99 Å². The molecule has 0 aliphatic heterocycles. The molecule has 0 fully saturated rings. The minimum atomic E-state index is 0.839. The molecule has 0 atom stereocenters. The highest BCUT2D eigenvalue weighted by atomic mass is 32.1. The Morgan fingerprint density at radius 1 is 1.14 bits per heavy atom. The number of guanidine groups is 1. The van der Waals surface area contributed by atoms with E-state index in [-0.39, 0.29) is 0 Å². The molecule has 0 aliphatic rings. The van der Waals surface area contributed by atoms with Crippen LogP contribution < -0.4 is 10.6 Å². The molecule has 0 spiro atoms. The topological polar surface area (TPSA) is 62.2 Å². The van der Waals surface area contributed by atoms with Gasteiger partial charge in [0.2, 0.25) is 0 Å². The minimum Gasteiger partial charge on any atom is -0.356 e. The maximum Gasteiger partial charge on any atom is 0.191 e. The monoisotopic (exact) mass is 337 g/mol. The Kier molecular flexibility index (Phi) is 6.33. The molecular formula is C15H23N5S2. The zero-order chi connectivity index (χ0) is 15.9. The molecular weight excluding hydrogens is 314 g/mol. The lowest BCUT2D eigenvalue weighted by Gasteiger charge is -2.10. The molecule has 22 heavy (non-hydrogen) atoms. The average molecular weight is 338 g/mol. The molecule has 2 aromatic heterocycles. The summed E-state index contributed by atoms with van der Waals surface area (Å²) in [6.45, 7) is 7.90. The molecule has 5 nitrogen and oxygen atoms in total. The second-order valence-corrected chi connectivity index (χ2v) is 7.64. The number of thiazole rings is 2. The molecule has 0 amide bonds. The third kappa shape index (κ3) is 5.06. The fourth-order valence-electron chi connectivity index (χ4n) is 2.13. The summed E-state index contributed by atoms with van der Waals surface area (Å²) < 4.78 is 0. The fraction of sp³-hybridized carbons (Fsp3) is 0.533. The van der Waals surface area contributed by atoms with Crippen LogP contribution in [0.15, 0.2) is 11.2 Å². The van der Waals surface area contributed by atoms with Gasteiger partial charge in [-0.1, -0.05) is 0 Å². The van der Waals surface area contributed by atoms with Crippen molar-refractivity contribution in [3.63, 3.8) is 0 Å². The lowest BCUT2D eigenvalue weighted by atomic mass is 10.3. The van der Waals surface area contributed by atoms with Gasteiger partial charge in [-0.15, -0.1) is 22.7 Å². The Morgan fingerprint density at radius 3 is 2.41 bits per heavy atom. The molecule has 7 heteroatoms. The number of rotatable bonds is 6.